The van der Waals surface area contributed by atoms with Crippen molar-refractivity contribution in [3.8, 4) is 5.75 Å². The highest BCUT2D eigenvalue weighted by Crippen LogP contribution is 2.33. The molecule has 0 bridgehead atoms. The molecule has 0 unspecified atom stereocenters. The average Bonchev–Trinajstić information content (AvgIpc) is 2.62. The van der Waals surface area contributed by atoms with Crippen LogP contribution in [0.1, 0.15) is 23.2 Å². The minimum atomic E-state index is -0.752. The smallest absolute Gasteiger partial charge is 0.321 e. The Morgan fingerprint density at radius 1 is 1.15 bits per heavy atom. The van der Waals surface area contributed by atoms with Gasteiger partial charge in [0.05, 0.1) is 5.56 Å². The van der Waals surface area contributed by atoms with Crippen molar-refractivity contribution in [2.45, 2.75) is 18.6 Å². The number of urea groups is 1. The summed E-state index contributed by atoms with van der Waals surface area (Å²) < 4.78 is 6.09. The van der Waals surface area contributed by atoms with E-state index in [0.29, 0.717) is 48.0 Å². The van der Waals surface area contributed by atoms with Gasteiger partial charge >= 0.3 is 6.03 Å². The predicted octanol–water partition coefficient (Wildman–Crippen LogP) is 3.49. The summed E-state index contributed by atoms with van der Waals surface area (Å²) >= 11 is 5.94. The van der Waals surface area contributed by atoms with Crippen LogP contribution < -0.4 is 15.4 Å². The number of nitrogens with zero attached hydrogens (tertiary/aromatic N) is 1. The summed E-state index contributed by atoms with van der Waals surface area (Å²) in [6.45, 7) is 0.962. The number of amides is 3. The Kier molecular flexibility index (Phi) is 4.20. The fourth-order valence-corrected chi connectivity index (χ4v) is 3.51. The highest BCUT2D eigenvalue weighted by atomic mass is 35.5. The van der Waals surface area contributed by atoms with Gasteiger partial charge in [-0.15, -0.1) is 0 Å². The molecule has 2 aliphatic heterocycles. The largest absolute Gasteiger partial charge is 0.467 e. The minimum Gasteiger partial charge on any atom is -0.467 e. The molecule has 26 heavy (non-hydrogen) atoms. The number of halogens is 1. The molecule has 7 heteroatoms. The standard InChI is InChI=1S/C19H18ClN3O3/c20-13-4-3-5-14(12-13)21-18(25)23-10-8-19(9-11-23)22-17(24)15-6-1-2-7-16(15)26-19/h1-7,12H,8-11H2,(H,21,25)(H,22,24). The van der Waals surface area contributed by atoms with Crippen LogP contribution in [0.25, 0.3) is 0 Å². The van der Waals surface area contributed by atoms with E-state index >= 15 is 0 Å². The lowest BCUT2D eigenvalue weighted by Crippen LogP contribution is -2.61. The van der Waals surface area contributed by atoms with E-state index in [9.17, 15) is 9.59 Å². The normalized spacial score (nSPS) is 17.9. The maximum Gasteiger partial charge on any atom is 0.321 e. The zero-order chi connectivity index (χ0) is 18.1. The van der Waals surface area contributed by atoms with Gasteiger partial charge in [-0.1, -0.05) is 29.8 Å². The van der Waals surface area contributed by atoms with Crippen molar-refractivity contribution in [3.05, 3.63) is 59.1 Å². The lowest BCUT2D eigenvalue weighted by atomic mass is 9.97. The van der Waals surface area contributed by atoms with E-state index in [2.05, 4.69) is 10.6 Å². The van der Waals surface area contributed by atoms with Gasteiger partial charge < -0.3 is 20.3 Å². The van der Waals surface area contributed by atoms with Gasteiger partial charge in [0.15, 0.2) is 5.72 Å². The molecular weight excluding hydrogens is 354 g/mol. The lowest BCUT2D eigenvalue weighted by Gasteiger charge is -2.44. The Bertz CT molecular complexity index is 863. The molecule has 1 saturated heterocycles. The molecule has 0 aliphatic carbocycles. The van der Waals surface area contributed by atoms with Crippen molar-refractivity contribution in [1.29, 1.82) is 0 Å². The highest BCUT2D eigenvalue weighted by molar-refractivity contribution is 6.30. The van der Waals surface area contributed by atoms with Crippen LogP contribution in [0.4, 0.5) is 10.5 Å². The number of para-hydroxylation sites is 1. The predicted molar refractivity (Wildman–Crippen MR) is 98.5 cm³/mol. The highest BCUT2D eigenvalue weighted by Gasteiger charge is 2.43. The van der Waals surface area contributed by atoms with Gasteiger partial charge in [0.1, 0.15) is 5.75 Å². The Labute approximate surface area is 156 Å². The molecule has 6 nitrogen and oxygen atoms in total. The van der Waals surface area contributed by atoms with Crippen LogP contribution in [0.2, 0.25) is 5.02 Å². The number of nitrogens with one attached hydrogen (secondary N) is 2. The Morgan fingerprint density at radius 3 is 2.69 bits per heavy atom. The third-order valence-corrected chi connectivity index (χ3v) is 4.95. The van der Waals surface area contributed by atoms with Gasteiger partial charge in [0.25, 0.3) is 5.91 Å². The number of likely N-dealkylation sites (tertiary alicyclic amines) is 1. The lowest BCUT2D eigenvalue weighted by molar-refractivity contribution is -0.0203. The second kappa shape index (κ2) is 6.53. The summed E-state index contributed by atoms with van der Waals surface area (Å²) in [7, 11) is 0. The molecule has 2 aromatic rings. The van der Waals surface area contributed by atoms with E-state index in [1.165, 1.54) is 0 Å². The molecule has 4 rings (SSSR count). The van der Waals surface area contributed by atoms with E-state index in [4.69, 9.17) is 16.3 Å². The number of hydrogen-bond donors (Lipinski definition) is 2. The van der Waals surface area contributed by atoms with Crippen LogP contribution in [0.15, 0.2) is 48.5 Å². The fourth-order valence-electron chi connectivity index (χ4n) is 3.32. The number of ether oxygens (including phenoxy) is 1. The quantitative estimate of drug-likeness (QED) is 0.806. The van der Waals surface area contributed by atoms with Gasteiger partial charge in [0.2, 0.25) is 0 Å². The third-order valence-electron chi connectivity index (χ3n) is 4.71. The summed E-state index contributed by atoms with van der Waals surface area (Å²) in [6, 6.07) is 14.0. The van der Waals surface area contributed by atoms with Crippen molar-refractivity contribution in [2.75, 3.05) is 18.4 Å². The van der Waals surface area contributed by atoms with Gasteiger partial charge in [0, 0.05) is 36.6 Å². The zero-order valence-corrected chi connectivity index (χ0v) is 14.8. The van der Waals surface area contributed by atoms with E-state index in [1.54, 1.807) is 41.3 Å². The fraction of sp³-hybridized carbons (Fsp3) is 0.263. The molecule has 1 fully saturated rings. The summed E-state index contributed by atoms with van der Waals surface area (Å²) in [6.07, 6.45) is 1.05. The molecule has 2 aromatic carbocycles. The molecule has 0 radical (unpaired) electrons. The van der Waals surface area contributed by atoms with E-state index in [-0.39, 0.29) is 11.9 Å². The number of fused-ring (bicyclic) bond motifs is 1. The van der Waals surface area contributed by atoms with E-state index in [0.717, 1.165) is 0 Å². The van der Waals surface area contributed by atoms with Crippen LogP contribution in [0, 0.1) is 0 Å². The van der Waals surface area contributed by atoms with Crippen molar-refractivity contribution in [1.82, 2.24) is 10.2 Å². The number of benzene rings is 2. The van der Waals surface area contributed by atoms with Gasteiger partial charge in [-0.3, -0.25) is 4.79 Å². The zero-order valence-electron chi connectivity index (χ0n) is 14.0. The van der Waals surface area contributed by atoms with Crippen molar-refractivity contribution in [2.24, 2.45) is 0 Å². The molecule has 0 aromatic heterocycles. The first-order valence-corrected chi connectivity index (χ1v) is 8.85. The summed E-state index contributed by atoms with van der Waals surface area (Å²) in [4.78, 5) is 26.5. The first-order valence-electron chi connectivity index (χ1n) is 8.47. The second-order valence-electron chi connectivity index (χ2n) is 6.47. The number of carbonyl (C=O) groups is 2. The van der Waals surface area contributed by atoms with Crippen molar-refractivity contribution in [3.63, 3.8) is 0 Å². The Morgan fingerprint density at radius 2 is 1.92 bits per heavy atom. The summed E-state index contributed by atoms with van der Waals surface area (Å²) in [5, 5.41) is 6.38. The molecule has 2 N–H and O–H groups in total. The number of rotatable bonds is 1. The van der Waals surface area contributed by atoms with Crippen molar-refractivity contribution < 1.29 is 14.3 Å². The second-order valence-corrected chi connectivity index (χ2v) is 6.91. The molecule has 0 saturated carbocycles. The maximum atomic E-state index is 12.5. The SMILES string of the molecule is O=C1NC2(CCN(C(=O)Nc3cccc(Cl)c3)CC2)Oc2ccccc21. The minimum absolute atomic E-state index is 0.135. The summed E-state index contributed by atoms with van der Waals surface area (Å²) in [5.74, 6) is 0.455. The number of carbonyl (C=O) groups excluding carboxylic acids is 2. The van der Waals surface area contributed by atoms with E-state index in [1.807, 2.05) is 12.1 Å². The first kappa shape index (κ1) is 16.7. The molecule has 2 aliphatic rings. The van der Waals surface area contributed by atoms with E-state index < -0.39 is 5.72 Å². The molecule has 134 valence electrons. The number of anilines is 1. The van der Waals surface area contributed by atoms with Crippen molar-refractivity contribution >= 4 is 29.2 Å². The van der Waals surface area contributed by atoms with Crippen LogP contribution in [-0.4, -0.2) is 35.7 Å². The van der Waals surface area contributed by atoms with Crippen LogP contribution in [0.5, 0.6) is 5.75 Å². The molecule has 2 heterocycles. The monoisotopic (exact) mass is 371 g/mol. The van der Waals surface area contributed by atoms with Gasteiger partial charge in [-0.2, -0.15) is 0 Å². The first-order chi connectivity index (χ1) is 12.5. The average molecular weight is 372 g/mol. The third kappa shape index (κ3) is 3.20. The molecule has 3 amide bonds. The molecule has 0 atom stereocenters. The number of hydrogen-bond acceptors (Lipinski definition) is 3. The topological polar surface area (TPSA) is 70.7 Å². The van der Waals surface area contributed by atoms with Crippen LogP contribution >= 0.6 is 11.6 Å². The van der Waals surface area contributed by atoms with Crippen LogP contribution in [0.3, 0.4) is 0 Å². The summed E-state index contributed by atoms with van der Waals surface area (Å²) in [5.41, 5.74) is 0.441. The van der Waals surface area contributed by atoms with Crippen LogP contribution in [-0.2, 0) is 0 Å². The molecular formula is C19H18ClN3O3. The maximum absolute atomic E-state index is 12.5. The van der Waals surface area contributed by atoms with Gasteiger partial charge in [-0.05, 0) is 30.3 Å². The molecule has 1 spiro atoms. The Balaban J connectivity index is 1.41. The number of piperidine rings is 1. The Hall–Kier alpha value is -2.73. The van der Waals surface area contributed by atoms with Gasteiger partial charge in [-0.25, -0.2) is 4.79 Å².